The number of halogens is 2. The number of carbonyl (C=O) groups is 1. The molecule has 13 heteroatoms. The van der Waals surface area contributed by atoms with Crippen LogP contribution in [0.5, 0.6) is 0 Å². The number of anilines is 1. The average molecular weight is 524 g/mol. The van der Waals surface area contributed by atoms with Crippen LogP contribution < -0.4 is 5.32 Å². The van der Waals surface area contributed by atoms with Crippen molar-refractivity contribution in [3.63, 3.8) is 0 Å². The first kappa shape index (κ1) is 22.8. The maximum atomic E-state index is 12.9. The topological polar surface area (TPSA) is 104 Å². The predicted molar refractivity (Wildman–Crippen MR) is 121 cm³/mol. The number of benzene rings is 1. The molecule has 1 aromatic carbocycles. The van der Waals surface area contributed by atoms with Crippen molar-refractivity contribution in [2.75, 3.05) is 30.7 Å². The number of rotatable bonds is 3. The highest BCUT2D eigenvalue weighted by molar-refractivity contribution is 7.92. The number of nitrogens with one attached hydrogen (secondary N) is 1. The van der Waals surface area contributed by atoms with Gasteiger partial charge in [0, 0.05) is 25.3 Å². The lowest BCUT2D eigenvalue weighted by Crippen LogP contribution is -2.64. The largest absolute Gasteiger partial charge is 0.322 e. The number of nitrogens with zero attached hydrogens (tertiary/aromatic N) is 2. The molecular formula is C18H19Cl2N3O5S3. The molecule has 2 aliphatic rings. The molecule has 2 amide bonds. The van der Waals surface area contributed by atoms with E-state index in [4.69, 9.17) is 23.2 Å². The van der Waals surface area contributed by atoms with Crippen LogP contribution in [0, 0.1) is 0 Å². The maximum absolute atomic E-state index is 12.9. The Labute approximate surface area is 194 Å². The highest BCUT2D eigenvalue weighted by Crippen LogP contribution is 2.32. The molecule has 4 rings (SSSR count). The van der Waals surface area contributed by atoms with Gasteiger partial charge in [0.15, 0.2) is 9.84 Å². The Kier molecular flexibility index (Phi) is 6.27. The number of urea groups is 1. The van der Waals surface area contributed by atoms with Gasteiger partial charge in [-0.1, -0.05) is 29.3 Å². The number of sulfonamides is 1. The third kappa shape index (κ3) is 4.44. The van der Waals surface area contributed by atoms with Crippen molar-refractivity contribution in [2.45, 2.75) is 21.9 Å². The zero-order valence-corrected chi connectivity index (χ0v) is 20.0. The van der Waals surface area contributed by atoms with Crippen molar-refractivity contribution < 1.29 is 21.6 Å². The summed E-state index contributed by atoms with van der Waals surface area (Å²) in [5, 5.41) is 4.03. The number of carbonyl (C=O) groups excluding carboxylic acids is 1. The molecule has 0 aliphatic carbocycles. The van der Waals surface area contributed by atoms with E-state index in [-0.39, 0.29) is 41.0 Å². The molecule has 3 heterocycles. The van der Waals surface area contributed by atoms with Crippen LogP contribution in [0.1, 0.15) is 6.42 Å². The van der Waals surface area contributed by atoms with Crippen LogP contribution >= 0.6 is 34.5 Å². The normalized spacial score (nSPS) is 23.9. The fraction of sp³-hybridized carbons (Fsp3) is 0.389. The van der Waals surface area contributed by atoms with Gasteiger partial charge in [-0.2, -0.15) is 4.31 Å². The molecule has 0 bridgehead atoms. The van der Waals surface area contributed by atoms with E-state index < -0.39 is 37.2 Å². The molecule has 2 aromatic rings. The number of thiophene rings is 1. The van der Waals surface area contributed by atoms with Crippen molar-refractivity contribution in [3.8, 4) is 0 Å². The Bertz CT molecular complexity index is 1200. The summed E-state index contributed by atoms with van der Waals surface area (Å²) < 4.78 is 52.7. The predicted octanol–water partition coefficient (Wildman–Crippen LogP) is 3.15. The van der Waals surface area contributed by atoms with Gasteiger partial charge in [-0.3, -0.25) is 0 Å². The smallest absolute Gasteiger partial charge is 0.319 e. The molecule has 31 heavy (non-hydrogen) atoms. The molecule has 2 saturated heterocycles. The molecule has 2 fully saturated rings. The highest BCUT2D eigenvalue weighted by atomic mass is 35.5. The minimum atomic E-state index is -3.77. The Balaban J connectivity index is 1.55. The molecule has 1 N–H and O–H groups in total. The average Bonchev–Trinajstić information content (AvgIpc) is 3.26. The van der Waals surface area contributed by atoms with Gasteiger partial charge in [-0.05, 0) is 36.1 Å². The van der Waals surface area contributed by atoms with Gasteiger partial charge in [0.1, 0.15) is 4.21 Å². The zero-order valence-electron chi connectivity index (χ0n) is 16.1. The molecule has 168 valence electrons. The lowest BCUT2D eigenvalue weighted by Gasteiger charge is -2.45. The number of sulfone groups is 1. The SMILES string of the molecule is O=C(Nc1ccc(Cl)c(Cl)c1)N1CCS(=O)(=O)C2CN(S(=O)(=O)c3cccs3)CCC21. The molecule has 0 radical (unpaired) electrons. The molecule has 8 nitrogen and oxygen atoms in total. The summed E-state index contributed by atoms with van der Waals surface area (Å²) >= 11 is 13.0. The number of amides is 2. The van der Waals surface area contributed by atoms with Crippen LogP contribution in [0.3, 0.4) is 0 Å². The second-order valence-electron chi connectivity index (χ2n) is 7.31. The van der Waals surface area contributed by atoms with E-state index in [0.717, 1.165) is 11.3 Å². The fourth-order valence-electron chi connectivity index (χ4n) is 3.91. The van der Waals surface area contributed by atoms with Crippen LogP contribution in [-0.2, 0) is 19.9 Å². The van der Waals surface area contributed by atoms with Crippen molar-refractivity contribution >= 4 is 66.1 Å². The van der Waals surface area contributed by atoms with Crippen molar-refractivity contribution in [1.82, 2.24) is 9.21 Å². The van der Waals surface area contributed by atoms with Gasteiger partial charge >= 0.3 is 6.03 Å². The molecule has 1 aromatic heterocycles. The van der Waals surface area contributed by atoms with E-state index >= 15 is 0 Å². The van der Waals surface area contributed by atoms with E-state index in [1.165, 1.54) is 21.3 Å². The van der Waals surface area contributed by atoms with Gasteiger partial charge in [-0.25, -0.2) is 21.6 Å². The first-order valence-corrected chi connectivity index (χ1v) is 14.2. The molecule has 0 spiro atoms. The van der Waals surface area contributed by atoms with Crippen molar-refractivity contribution in [2.24, 2.45) is 0 Å². The Morgan fingerprint density at radius 3 is 2.61 bits per heavy atom. The minimum absolute atomic E-state index is 0.0360. The van der Waals surface area contributed by atoms with Gasteiger partial charge in [0.25, 0.3) is 10.0 Å². The number of piperidine rings is 1. The second kappa shape index (κ2) is 8.53. The maximum Gasteiger partial charge on any atom is 0.322 e. The van der Waals surface area contributed by atoms with Crippen LogP contribution in [0.25, 0.3) is 0 Å². The standard InChI is InChI=1S/C18H19Cl2N3O5S3/c19-13-4-3-12(10-14(13)20)21-18(24)23-7-9-30(25,26)16-11-22(6-5-15(16)23)31(27,28)17-2-1-8-29-17/h1-4,8,10,15-16H,5-7,9,11H2,(H,21,24). The van der Waals surface area contributed by atoms with Gasteiger partial charge in [0.05, 0.1) is 27.1 Å². The summed E-state index contributed by atoms with van der Waals surface area (Å²) in [7, 11) is -7.33. The van der Waals surface area contributed by atoms with Gasteiger partial charge in [-0.15, -0.1) is 11.3 Å². The second-order valence-corrected chi connectivity index (χ2v) is 13.6. The van der Waals surface area contributed by atoms with E-state index in [2.05, 4.69) is 5.32 Å². The summed E-state index contributed by atoms with van der Waals surface area (Å²) in [4.78, 5) is 14.4. The number of hydrogen-bond acceptors (Lipinski definition) is 6. The summed E-state index contributed by atoms with van der Waals surface area (Å²) in [6.45, 7) is -0.00834. The summed E-state index contributed by atoms with van der Waals surface area (Å²) in [5.74, 6) is -0.226. The van der Waals surface area contributed by atoms with Crippen LogP contribution in [0.15, 0.2) is 39.9 Å². The lowest BCUT2D eigenvalue weighted by atomic mass is 10.0. The van der Waals surface area contributed by atoms with Gasteiger partial charge in [0.2, 0.25) is 0 Å². The van der Waals surface area contributed by atoms with E-state index in [1.54, 1.807) is 23.6 Å². The first-order chi connectivity index (χ1) is 14.6. The zero-order chi connectivity index (χ0) is 22.4. The quantitative estimate of drug-likeness (QED) is 0.665. The Morgan fingerprint density at radius 2 is 1.94 bits per heavy atom. The summed E-state index contributed by atoms with van der Waals surface area (Å²) in [5.41, 5.74) is 0.432. The molecule has 2 unspecified atom stereocenters. The van der Waals surface area contributed by atoms with Crippen LogP contribution in [-0.4, -0.2) is 68.8 Å². The van der Waals surface area contributed by atoms with E-state index in [1.807, 2.05) is 0 Å². The van der Waals surface area contributed by atoms with Gasteiger partial charge < -0.3 is 10.2 Å². The fourth-order valence-corrected chi connectivity index (χ4v) is 8.85. The number of fused-ring (bicyclic) bond motifs is 1. The summed E-state index contributed by atoms with van der Waals surface area (Å²) in [6.07, 6.45) is 0.225. The first-order valence-electron chi connectivity index (χ1n) is 9.37. The lowest BCUT2D eigenvalue weighted by molar-refractivity contribution is 0.155. The third-order valence-electron chi connectivity index (χ3n) is 5.49. The highest BCUT2D eigenvalue weighted by Gasteiger charge is 2.48. The van der Waals surface area contributed by atoms with Crippen molar-refractivity contribution in [3.05, 3.63) is 45.8 Å². The van der Waals surface area contributed by atoms with Crippen molar-refractivity contribution in [1.29, 1.82) is 0 Å². The Morgan fingerprint density at radius 1 is 1.16 bits per heavy atom. The molecule has 2 aliphatic heterocycles. The molecule has 0 saturated carbocycles. The molecular weight excluding hydrogens is 505 g/mol. The van der Waals surface area contributed by atoms with E-state index in [9.17, 15) is 21.6 Å². The monoisotopic (exact) mass is 523 g/mol. The van der Waals surface area contributed by atoms with E-state index in [0.29, 0.717) is 10.7 Å². The summed E-state index contributed by atoms with van der Waals surface area (Å²) in [6, 6.07) is 6.72. The number of hydrogen-bond donors (Lipinski definition) is 1. The minimum Gasteiger partial charge on any atom is -0.319 e. The van der Waals surface area contributed by atoms with Crippen LogP contribution in [0.4, 0.5) is 10.5 Å². The van der Waals surface area contributed by atoms with Crippen LogP contribution in [0.2, 0.25) is 10.0 Å². The third-order valence-corrected chi connectivity index (χ3v) is 11.6. The Hall–Kier alpha value is -1.37. The molecule has 2 atom stereocenters.